The third-order valence-corrected chi connectivity index (χ3v) is 6.55. The summed E-state index contributed by atoms with van der Waals surface area (Å²) in [6.45, 7) is 11.0. The van der Waals surface area contributed by atoms with Crippen LogP contribution in [-0.2, 0) is 19.4 Å². The Kier molecular flexibility index (Phi) is 6.48. The summed E-state index contributed by atoms with van der Waals surface area (Å²) in [5.74, 6) is 2.73. The minimum Gasteiger partial charge on any atom is -0.496 e. The fourth-order valence-electron chi connectivity index (χ4n) is 4.83. The van der Waals surface area contributed by atoms with Crippen molar-refractivity contribution in [3.8, 4) is 11.5 Å². The van der Waals surface area contributed by atoms with Gasteiger partial charge in [-0.1, -0.05) is 44.0 Å². The summed E-state index contributed by atoms with van der Waals surface area (Å²) < 4.78 is 11.8. The molecule has 2 aromatic carbocycles. The van der Waals surface area contributed by atoms with Gasteiger partial charge in [-0.2, -0.15) is 0 Å². The van der Waals surface area contributed by atoms with Gasteiger partial charge in [-0.25, -0.2) is 0 Å². The van der Waals surface area contributed by atoms with Gasteiger partial charge in [0.15, 0.2) is 0 Å². The van der Waals surface area contributed by atoms with E-state index in [0.717, 1.165) is 48.8 Å². The average Bonchev–Trinajstić information content (AvgIpc) is 2.73. The van der Waals surface area contributed by atoms with Crippen LogP contribution in [0.3, 0.4) is 0 Å². The molecule has 1 aliphatic carbocycles. The monoisotopic (exact) mass is 405 g/mol. The number of benzene rings is 2. The topological polar surface area (TPSA) is 21.7 Å². The van der Waals surface area contributed by atoms with Crippen molar-refractivity contribution >= 4 is 5.57 Å². The molecular weight excluding hydrogens is 370 g/mol. The fraction of sp³-hybridized carbons (Fsp3) is 0.481. The third-order valence-electron chi connectivity index (χ3n) is 6.55. The number of aryl methyl sites for hydroxylation is 2. The van der Waals surface area contributed by atoms with Gasteiger partial charge in [0.1, 0.15) is 18.1 Å². The molecule has 2 aliphatic rings. The van der Waals surface area contributed by atoms with Crippen LogP contribution in [0.4, 0.5) is 0 Å². The Morgan fingerprint density at radius 2 is 1.90 bits per heavy atom. The second kappa shape index (κ2) is 9.26. The number of hydrogen-bond donors (Lipinski definition) is 0. The van der Waals surface area contributed by atoms with Crippen LogP contribution in [0.25, 0.3) is 5.57 Å². The summed E-state index contributed by atoms with van der Waals surface area (Å²) in [6, 6.07) is 13.1. The molecule has 1 heterocycles. The number of ether oxygens (including phenoxy) is 2. The van der Waals surface area contributed by atoms with Crippen LogP contribution < -0.4 is 9.47 Å². The van der Waals surface area contributed by atoms with Gasteiger partial charge in [-0.15, -0.1) is 0 Å². The van der Waals surface area contributed by atoms with E-state index in [2.05, 4.69) is 62.1 Å². The molecule has 0 unspecified atom stereocenters. The molecule has 30 heavy (non-hydrogen) atoms. The Hall–Kier alpha value is -2.26. The van der Waals surface area contributed by atoms with Crippen LogP contribution in [0.15, 0.2) is 42.0 Å². The molecule has 2 aromatic rings. The standard InChI is InChI=1S/C27H35NO2/c1-5-6-21-7-8-24(27(13-21)29-4)18-30-25-11-12-26-20(3)23(10-9-22(26)14-25)17-28-15-19(2)16-28/h7-8,11-14,19H,5-6,9-10,15-18H2,1-4H3. The van der Waals surface area contributed by atoms with Crippen molar-refractivity contribution in [1.82, 2.24) is 4.90 Å². The minimum atomic E-state index is 0.529. The fourth-order valence-corrected chi connectivity index (χ4v) is 4.83. The number of hydrogen-bond acceptors (Lipinski definition) is 3. The van der Waals surface area contributed by atoms with Crippen LogP contribution in [0.5, 0.6) is 11.5 Å². The van der Waals surface area contributed by atoms with Crippen LogP contribution in [0.2, 0.25) is 0 Å². The molecule has 1 fully saturated rings. The van der Waals surface area contributed by atoms with Crippen LogP contribution >= 0.6 is 0 Å². The van der Waals surface area contributed by atoms with Gasteiger partial charge in [0.05, 0.1) is 7.11 Å². The zero-order chi connectivity index (χ0) is 21.1. The molecule has 4 rings (SSSR count). The molecule has 3 nitrogen and oxygen atoms in total. The molecule has 0 aromatic heterocycles. The van der Waals surface area contributed by atoms with E-state index >= 15 is 0 Å². The van der Waals surface area contributed by atoms with Crippen LogP contribution in [0.1, 0.15) is 55.9 Å². The molecule has 0 spiro atoms. The second-order valence-corrected chi connectivity index (χ2v) is 9.03. The van der Waals surface area contributed by atoms with Crippen molar-refractivity contribution in [2.24, 2.45) is 5.92 Å². The Balaban J connectivity index is 1.43. The van der Waals surface area contributed by atoms with E-state index in [1.54, 1.807) is 12.7 Å². The minimum absolute atomic E-state index is 0.529. The highest BCUT2D eigenvalue weighted by Crippen LogP contribution is 2.35. The summed E-state index contributed by atoms with van der Waals surface area (Å²) in [5.41, 5.74) is 8.31. The lowest BCUT2D eigenvalue weighted by Crippen LogP contribution is -2.46. The van der Waals surface area contributed by atoms with E-state index < -0.39 is 0 Å². The molecular formula is C27H35NO2. The summed E-state index contributed by atoms with van der Waals surface area (Å²) >= 11 is 0. The third kappa shape index (κ3) is 4.57. The smallest absolute Gasteiger partial charge is 0.125 e. The van der Waals surface area contributed by atoms with E-state index in [1.807, 2.05) is 0 Å². The quantitative estimate of drug-likeness (QED) is 0.546. The van der Waals surface area contributed by atoms with Gasteiger partial charge < -0.3 is 9.47 Å². The first-order chi connectivity index (χ1) is 14.6. The normalized spacial score (nSPS) is 16.9. The van der Waals surface area contributed by atoms with E-state index in [0.29, 0.717) is 6.61 Å². The lowest BCUT2D eigenvalue weighted by atomic mass is 9.85. The summed E-state index contributed by atoms with van der Waals surface area (Å²) in [4.78, 5) is 2.57. The predicted molar refractivity (Wildman–Crippen MR) is 124 cm³/mol. The maximum Gasteiger partial charge on any atom is 0.125 e. The maximum absolute atomic E-state index is 6.16. The lowest BCUT2D eigenvalue weighted by Gasteiger charge is -2.38. The largest absolute Gasteiger partial charge is 0.496 e. The summed E-state index contributed by atoms with van der Waals surface area (Å²) in [6.07, 6.45) is 4.49. The first-order valence-corrected chi connectivity index (χ1v) is 11.4. The van der Waals surface area contributed by atoms with Crippen molar-refractivity contribution < 1.29 is 9.47 Å². The Labute approximate surface area is 181 Å². The second-order valence-electron chi connectivity index (χ2n) is 9.03. The first kappa shape index (κ1) is 21.0. The van der Waals surface area contributed by atoms with Gasteiger partial charge in [0.25, 0.3) is 0 Å². The van der Waals surface area contributed by atoms with Gasteiger partial charge in [-0.05, 0) is 72.6 Å². The summed E-state index contributed by atoms with van der Waals surface area (Å²) in [5, 5.41) is 0. The molecule has 0 atom stereocenters. The molecule has 1 saturated heterocycles. The number of methoxy groups -OCH3 is 1. The molecule has 0 saturated carbocycles. The van der Waals surface area contributed by atoms with Crippen LogP contribution in [-0.4, -0.2) is 31.6 Å². The van der Waals surface area contributed by atoms with Gasteiger partial charge in [0.2, 0.25) is 0 Å². The van der Waals surface area contributed by atoms with Crippen molar-refractivity contribution in [2.75, 3.05) is 26.7 Å². The number of allylic oxidation sites excluding steroid dienone is 1. The highest BCUT2D eigenvalue weighted by atomic mass is 16.5. The number of nitrogens with zero attached hydrogens (tertiary/aromatic N) is 1. The highest BCUT2D eigenvalue weighted by molar-refractivity contribution is 5.72. The number of likely N-dealkylation sites (tertiary alicyclic amines) is 1. The molecule has 0 radical (unpaired) electrons. The van der Waals surface area contributed by atoms with Crippen molar-refractivity contribution in [3.63, 3.8) is 0 Å². The van der Waals surface area contributed by atoms with E-state index in [1.165, 1.54) is 41.8 Å². The van der Waals surface area contributed by atoms with Gasteiger partial charge in [-0.3, -0.25) is 4.90 Å². The van der Waals surface area contributed by atoms with Crippen molar-refractivity contribution in [1.29, 1.82) is 0 Å². The lowest BCUT2D eigenvalue weighted by molar-refractivity contribution is 0.125. The number of fused-ring (bicyclic) bond motifs is 1. The Bertz CT molecular complexity index is 924. The molecule has 160 valence electrons. The molecule has 3 heteroatoms. The zero-order valence-electron chi connectivity index (χ0n) is 19.0. The van der Waals surface area contributed by atoms with Gasteiger partial charge >= 0.3 is 0 Å². The Morgan fingerprint density at radius 1 is 1.07 bits per heavy atom. The van der Waals surface area contributed by atoms with E-state index in [-0.39, 0.29) is 0 Å². The molecule has 0 amide bonds. The first-order valence-electron chi connectivity index (χ1n) is 11.4. The predicted octanol–water partition coefficient (Wildman–Crippen LogP) is 5.90. The molecule has 1 aliphatic heterocycles. The maximum atomic E-state index is 6.16. The van der Waals surface area contributed by atoms with E-state index in [4.69, 9.17) is 9.47 Å². The highest BCUT2D eigenvalue weighted by Gasteiger charge is 2.25. The summed E-state index contributed by atoms with van der Waals surface area (Å²) in [7, 11) is 1.74. The van der Waals surface area contributed by atoms with Crippen molar-refractivity contribution in [3.05, 3.63) is 64.2 Å². The average molecular weight is 406 g/mol. The Morgan fingerprint density at radius 3 is 2.63 bits per heavy atom. The van der Waals surface area contributed by atoms with Crippen molar-refractivity contribution in [2.45, 2.75) is 53.1 Å². The molecule has 0 bridgehead atoms. The number of rotatable bonds is 8. The zero-order valence-corrected chi connectivity index (χ0v) is 19.0. The molecule has 0 N–H and O–H groups in total. The van der Waals surface area contributed by atoms with E-state index in [9.17, 15) is 0 Å². The van der Waals surface area contributed by atoms with Gasteiger partial charge in [0, 0.05) is 25.2 Å². The van der Waals surface area contributed by atoms with Crippen LogP contribution in [0, 0.1) is 5.92 Å². The SMILES string of the molecule is CCCc1ccc(COc2ccc3c(c2)CCC(CN2CC(C)C2)=C3C)c(OC)c1.